The van der Waals surface area contributed by atoms with Crippen LogP contribution in [0.3, 0.4) is 0 Å². The third-order valence-electron chi connectivity index (χ3n) is 3.60. The number of furan rings is 2. The van der Waals surface area contributed by atoms with Gasteiger partial charge in [0.1, 0.15) is 35.2 Å². The Bertz CT molecular complexity index is 940. The first-order chi connectivity index (χ1) is 10.6. The molecule has 5 nitrogen and oxygen atoms in total. The van der Waals surface area contributed by atoms with E-state index >= 15 is 0 Å². The SMILES string of the molecule is O=C(c1coc2ccc(O)cc12)c1coc2ccc(O)cc12. The normalized spacial score (nSPS) is 11.3. The molecule has 2 heterocycles. The quantitative estimate of drug-likeness (QED) is 0.549. The average Bonchev–Trinajstić information content (AvgIpc) is 3.09. The van der Waals surface area contributed by atoms with Crippen LogP contribution >= 0.6 is 0 Å². The van der Waals surface area contributed by atoms with Gasteiger partial charge in [-0.15, -0.1) is 0 Å². The Labute approximate surface area is 124 Å². The van der Waals surface area contributed by atoms with E-state index in [1.807, 2.05) is 0 Å². The molecule has 0 amide bonds. The summed E-state index contributed by atoms with van der Waals surface area (Å²) < 4.78 is 10.7. The molecule has 2 aromatic heterocycles. The van der Waals surface area contributed by atoms with Crippen molar-refractivity contribution in [2.24, 2.45) is 0 Å². The molecule has 4 aromatic rings. The minimum absolute atomic E-state index is 0.0534. The predicted octanol–water partition coefficient (Wildman–Crippen LogP) is 3.82. The molecule has 108 valence electrons. The number of hydrogen-bond donors (Lipinski definition) is 2. The number of fused-ring (bicyclic) bond motifs is 2. The number of phenols is 2. The molecule has 2 N–H and O–H groups in total. The molecule has 4 rings (SSSR count). The highest BCUT2D eigenvalue weighted by Gasteiger charge is 2.20. The van der Waals surface area contributed by atoms with Crippen molar-refractivity contribution < 1.29 is 23.8 Å². The van der Waals surface area contributed by atoms with Crippen molar-refractivity contribution in [2.45, 2.75) is 0 Å². The second-order valence-corrected chi connectivity index (χ2v) is 4.99. The maximum atomic E-state index is 12.7. The van der Waals surface area contributed by atoms with Crippen molar-refractivity contribution in [2.75, 3.05) is 0 Å². The summed E-state index contributed by atoms with van der Waals surface area (Å²) in [6.45, 7) is 0. The molecular weight excluding hydrogens is 284 g/mol. The van der Waals surface area contributed by atoms with E-state index in [1.54, 1.807) is 12.1 Å². The maximum Gasteiger partial charge on any atom is 0.200 e. The number of rotatable bonds is 2. The molecular formula is C17H10O5. The lowest BCUT2D eigenvalue weighted by Crippen LogP contribution is -1.98. The standard InChI is InChI=1S/C17H10O5/c18-9-1-3-15-11(5-9)13(7-21-15)17(20)14-8-22-16-4-2-10(19)6-12(14)16/h1-8,18-19H. The Morgan fingerprint density at radius 3 is 1.68 bits per heavy atom. The molecule has 2 aromatic carbocycles. The van der Waals surface area contributed by atoms with Crippen molar-refractivity contribution in [3.8, 4) is 11.5 Å². The van der Waals surface area contributed by atoms with Gasteiger partial charge in [-0.3, -0.25) is 4.79 Å². The molecule has 0 unspecified atom stereocenters. The fourth-order valence-electron chi connectivity index (χ4n) is 2.53. The fourth-order valence-corrected chi connectivity index (χ4v) is 2.53. The van der Waals surface area contributed by atoms with E-state index < -0.39 is 0 Å². The summed E-state index contributed by atoms with van der Waals surface area (Å²) in [5.41, 5.74) is 1.68. The number of phenolic OH excluding ortho intramolecular Hbond substituents is 2. The van der Waals surface area contributed by atoms with Crippen LogP contribution in [0.25, 0.3) is 21.9 Å². The molecule has 0 bridgehead atoms. The maximum absolute atomic E-state index is 12.7. The Morgan fingerprint density at radius 1 is 0.773 bits per heavy atom. The summed E-state index contributed by atoms with van der Waals surface area (Å²) in [7, 11) is 0. The van der Waals surface area contributed by atoms with Gasteiger partial charge in [0.15, 0.2) is 0 Å². The lowest BCUT2D eigenvalue weighted by atomic mass is 10.0. The minimum Gasteiger partial charge on any atom is -0.508 e. The summed E-state index contributed by atoms with van der Waals surface area (Å²) in [4.78, 5) is 12.7. The smallest absolute Gasteiger partial charge is 0.200 e. The largest absolute Gasteiger partial charge is 0.508 e. The van der Waals surface area contributed by atoms with Crippen LogP contribution in [0.1, 0.15) is 15.9 Å². The number of carbonyl (C=O) groups excluding carboxylic acids is 1. The number of ketones is 1. The fraction of sp³-hybridized carbons (Fsp3) is 0. The highest BCUT2D eigenvalue weighted by molar-refractivity contribution is 6.20. The third-order valence-corrected chi connectivity index (χ3v) is 3.60. The Kier molecular flexibility index (Phi) is 2.50. The number of aromatic hydroxyl groups is 2. The van der Waals surface area contributed by atoms with Crippen LogP contribution in [0, 0.1) is 0 Å². The number of benzene rings is 2. The van der Waals surface area contributed by atoms with Gasteiger partial charge in [-0.1, -0.05) is 0 Å². The minimum atomic E-state index is -0.297. The predicted molar refractivity (Wildman–Crippen MR) is 79.2 cm³/mol. The molecule has 0 fully saturated rings. The molecule has 0 aliphatic heterocycles. The first-order valence-corrected chi connectivity index (χ1v) is 6.58. The van der Waals surface area contributed by atoms with Crippen LogP contribution < -0.4 is 0 Å². The number of hydrogen-bond acceptors (Lipinski definition) is 5. The number of carbonyl (C=O) groups is 1. The van der Waals surface area contributed by atoms with Crippen LogP contribution in [0.2, 0.25) is 0 Å². The van der Waals surface area contributed by atoms with Gasteiger partial charge < -0.3 is 19.0 Å². The van der Waals surface area contributed by atoms with Crippen LogP contribution in [0.5, 0.6) is 11.5 Å². The van der Waals surface area contributed by atoms with Gasteiger partial charge >= 0.3 is 0 Å². The molecule has 0 aliphatic carbocycles. The molecule has 0 atom stereocenters. The van der Waals surface area contributed by atoms with Crippen molar-refractivity contribution >= 4 is 27.7 Å². The molecule has 0 aliphatic rings. The van der Waals surface area contributed by atoms with Crippen molar-refractivity contribution in [1.82, 2.24) is 0 Å². The summed E-state index contributed by atoms with van der Waals surface area (Å²) in [5.74, 6) is -0.191. The van der Waals surface area contributed by atoms with Crippen LogP contribution in [-0.4, -0.2) is 16.0 Å². The summed E-state index contributed by atoms with van der Waals surface area (Å²) in [5, 5.41) is 20.2. The summed E-state index contributed by atoms with van der Waals surface area (Å²) >= 11 is 0. The molecule has 22 heavy (non-hydrogen) atoms. The van der Waals surface area contributed by atoms with Gasteiger partial charge in [0, 0.05) is 10.8 Å². The molecule has 5 heteroatoms. The van der Waals surface area contributed by atoms with Gasteiger partial charge in [0.05, 0.1) is 11.1 Å². The molecule has 0 saturated carbocycles. The van der Waals surface area contributed by atoms with Crippen molar-refractivity contribution in [3.05, 3.63) is 60.1 Å². The average molecular weight is 294 g/mol. The van der Waals surface area contributed by atoms with E-state index in [-0.39, 0.29) is 17.3 Å². The third kappa shape index (κ3) is 1.76. The lowest BCUT2D eigenvalue weighted by Gasteiger charge is -1.98. The Morgan fingerprint density at radius 2 is 1.23 bits per heavy atom. The first kappa shape index (κ1) is 12.5. The second-order valence-electron chi connectivity index (χ2n) is 4.99. The lowest BCUT2D eigenvalue weighted by molar-refractivity contribution is 0.104. The van der Waals surface area contributed by atoms with Gasteiger partial charge in [-0.25, -0.2) is 0 Å². The first-order valence-electron chi connectivity index (χ1n) is 6.58. The van der Waals surface area contributed by atoms with Crippen molar-refractivity contribution in [1.29, 1.82) is 0 Å². The topological polar surface area (TPSA) is 83.8 Å². The van der Waals surface area contributed by atoms with Crippen LogP contribution in [0.15, 0.2) is 57.8 Å². The van der Waals surface area contributed by atoms with E-state index in [0.717, 1.165) is 0 Å². The zero-order valence-corrected chi connectivity index (χ0v) is 11.2. The zero-order valence-electron chi connectivity index (χ0n) is 11.2. The highest BCUT2D eigenvalue weighted by Crippen LogP contribution is 2.31. The van der Waals surface area contributed by atoms with E-state index in [2.05, 4.69) is 0 Å². The van der Waals surface area contributed by atoms with Crippen LogP contribution in [-0.2, 0) is 0 Å². The summed E-state index contributed by atoms with van der Waals surface area (Å²) in [6, 6.07) is 9.13. The van der Waals surface area contributed by atoms with Gasteiger partial charge in [0.25, 0.3) is 0 Å². The van der Waals surface area contributed by atoms with Gasteiger partial charge in [-0.05, 0) is 36.4 Å². The monoisotopic (exact) mass is 294 g/mol. The Balaban J connectivity index is 1.92. The van der Waals surface area contributed by atoms with Crippen molar-refractivity contribution in [3.63, 3.8) is 0 Å². The van der Waals surface area contributed by atoms with Gasteiger partial charge in [0.2, 0.25) is 5.78 Å². The van der Waals surface area contributed by atoms with E-state index in [4.69, 9.17) is 8.83 Å². The Hall–Kier alpha value is -3.21. The van der Waals surface area contributed by atoms with Crippen LogP contribution in [0.4, 0.5) is 0 Å². The second kappa shape index (κ2) is 4.39. The highest BCUT2D eigenvalue weighted by atomic mass is 16.3. The van der Waals surface area contributed by atoms with E-state index in [9.17, 15) is 15.0 Å². The van der Waals surface area contributed by atoms with E-state index in [1.165, 1.54) is 36.8 Å². The molecule has 0 spiro atoms. The molecule has 0 saturated heterocycles. The summed E-state index contributed by atoms with van der Waals surface area (Å²) in [6.07, 6.45) is 2.71. The zero-order chi connectivity index (χ0) is 15.3. The van der Waals surface area contributed by atoms with Gasteiger partial charge in [-0.2, -0.15) is 0 Å². The van der Waals surface area contributed by atoms with E-state index in [0.29, 0.717) is 33.1 Å². The molecule has 0 radical (unpaired) electrons.